The first-order valence-electron chi connectivity index (χ1n) is 6.49. The molecule has 110 valence electrons. The van der Waals surface area contributed by atoms with Gasteiger partial charge in [0.25, 0.3) is 0 Å². The summed E-state index contributed by atoms with van der Waals surface area (Å²) >= 11 is 5.99. The third-order valence-electron chi connectivity index (χ3n) is 3.40. The molecule has 1 aromatic rings. The van der Waals surface area contributed by atoms with Crippen molar-refractivity contribution in [1.82, 2.24) is 4.90 Å². The quantitative estimate of drug-likeness (QED) is 0.878. The van der Waals surface area contributed by atoms with Gasteiger partial charge in [-0.3, -0.25) is 4.79 Å². The van der Waals surface area contributed by atoms with Crippen molar-refractivity contribution in [2.24, 2.45) is 5.92 Å². The van der Waals surface area contributed by atoms with Gasteiger partial charge in [0.2, 0.25) is 0 Å². The molecule has 6 nitrogen and oxygen atoms in total. The van der Waals surface area contributed by atoms with Crippen LogP contribution in [0.1, 0.15) is 18.4 Å². The number of piperidine rings is 1. The summed E-state index contributed by atoms with van der Waals surface area (Å²) in [5.41, 5.74) is 0.806. The molecule has 1 heterocycles. The standard InChI is InChI=1S/C14H14ClN3O3/c15-11-6-9(7-16)3-4-12(11)17-14(21)18-5-1-2-10(8-18)13(19)20/h3-4,6,10H,1-2,5,8H2,(H,17,21)(H,19,20). The fourth-order valence-corrected chi connectivity index (χ4v) is 2.47. The van der Waals surface area contributed by atoms with E-state index in [0.717, 1.165) is 0 Å². The first-order chi connectivity index (χ1) is 10.0. The second kappa shape index (κ2) is 6.46. The summed E-state index contributed by atoms with van der Waals surface area (Å²) in [6.07, 6.45) is 1.24. The smallest absolute Gasteiger partial charge is 0.321 e. The second-order valence-corrected chi connectivity index (χ2v) is 5.27. The molecular formula is C14H14ClN3O3. The van der Waals surface area contributed by atoms with Crippen molar-refractivity contribution in [2.75, 3.05) is 18.4 Å². The molecule has 0 aliphatic carbocycles. The van der Waals surface area contributed by atoms with Gasteiger partial charge in [0.05, 0.1) is 28.3 Å². The van der Waals surface area contributed by atoms with Crippen LogP contribution in [-0.4, -0.2) is 35.1 Å². The van der Waals surface area contributed by atoms with Crippen molar-refractivity contribution in [3.05, 3.63) is 28.8 Å². The second-order valence-electron chi connectivity index (χ2n) is 4.86. The Morgan fingerprint density at radius 3 is 2.86 bits per heavy atom. The molecule has 0 radical (unpaired) electrons. The van der Waals surface area contributed by atoms with Gasteiger partial charge in [-0.15, -0.1) is 0 Å². The number of aliphatic carboxylic acids is 1. The molecule has 1 aromatic carbocycles. The van der Waals surface area contributed by atoms with Gasteiger partial charge in [0.1, 0.15) is 0 Å². The van der Waals surface area contributed by atoms with Crippen LogP contribution in [0.25, 0.3) is 0 Å². The number of carboxylic acid groups (broad SMARTS) is 1. The lowest BCUT2D eigenvalue weighted by molar-refractivity contribution is -0.143. The molecule has 1 aliphatic rings. The normalized spacial score (nSPS) is 17.9. The molecule has 21 heavy (non-hydrogen) atoms. The van der Waals surface area contributed by atoms with Gasteiger partial charge in [-0.05, 0) is 31.0 Å². The Bertz CT molecular complexity index is 612. The van der Waals surface area contributed by atoms with E-state index < -0.39 is 11.9 Å². The maximum atomic E-state index is 12.1. The van der Waals surface area contributed by atoms with Crippen LogP contribution in [0.2, 0.25) is 5.02 Å². The summed E-state index contributed by atoms with van der Waals surface area (Å²) in [7, 11) is 0. The Balaban J connectivity index is 2.04. The molecule has 0 saturated carbocycles. The monoisotopic (exact) mass is 307 g/mol. The van der Waals surface area contributed by atoms with Crippen molar-refractivity contribution in [2.45, 2.75) is 12.8 Å². The molecule has 1 saturated heterocycles. The summed E-state index contributed by atoms with van der Waals surface area (Å²) in [5.74, 6) is -1.41. The minimum Gasteiger partial charge on any atom is -0.481 e. The highest BCUT2D eigenvalue weighted by Crippen LogP contribution is 2.24. The number of anilines is 1. The maximum Gasteiger partial charge on any atom is 0.321 e. The van der Waals surface area contributed by atoms with Gasteiger partial charge in [0.15, 0.2) is 0 Å². The van der Waals surface area contributed by atoms with Gasteiger partial charge in [-0.25, -0.2) is 4.79 Å². The van der Waals surface area contributed by atoms with Crippen molar-refractivity contribution in [3.8, 4) is 6.07 Å². The number of nitrogens with zero attached hydrogens (tertiary/aromatic N) is 2. The molecule has 0 aromatic heterocycles. The predicted molar refractivity (Wildman–Crippen MR) is 77.1 cm³/mol. The summed E-state index contributed by atoms with van der Waals surface area (Å²) in [5, 5.41) is 20.7. The van der Waals surface area contributed by atoms with Crippen LogP contribution in [-0.2, 0) is 4.79 Å². The number of amides is 2. The number of urea groups is 1. The largest absolute Gasteiger partial charge is 0.481 e. The van der Waals surface area contributed by atoms with Crippen LogP contribution < -0.4 is 5.32 Å². The molecule has 2 rings (SSSR count). The van der Waals surface area contributed by atoms with Crippen LogP contribution in [0.5, 0.6) is 0 Å². The number of hydrogen-bond acceptors (Lipinski definition) is 3. The molecule has 1 aliphatic heterocycles. The van der Waals surface area contributed by atoms with Gasteiger partial charge < -0.3 is 15.3 Å². The van der Waals surface area contributed by atoms with Crippen LogP contribution in [0.3, 0.4) is 0 Å². The Morgan fingerprint density at radius 1 is 1.48 bits per heavy atom. The van der Waals surface area contributed by atoms with E-state index in [4.69, 9.17) is 22.0 Å². The maximum absolute atomic E-state index is 12.1. The molecule has 1 atom stereocenters. The average molecular weight is 308 g/mol. The van der Waals surface area contributed by atoms with E-state index in [0.29, 0.717) is 30.6 Å². The van der Waals surface area contributed by atoms with E-state index in [-0.39, 0.29) is 17.6 Å². The Kier molecular flexibility index (Phi) is 4.66. The number of nitrogens with one attached hydrogen (secondary N) is 1. The van der Waals surface area contributed by atoms with Gasteiger partial charge in [-0.1, -0.05) is 11.6 Å². The number of benzene rings is 1. The Morgan fingerprint density at radius 2 is 2.24 bits per heavy atom. The topological polar surface area (TPSA) is 93.4 Å². The van der Waals surface area contributed by atoms with Gasteiger partial charge in [0, 0.05) is 13.1 Å². The Hall–Kier alpha value is -2.26. The minimum absolute atomic E-state index is 0.190. The molecule has 2 amide bonds. The van der Waals surface area contributed by atoms with Crippen molar-refractivity contribution in [3.63, 3.8) is 0 Å². The number of carbonyl (C=O) groups is 2. The molecule has 1 fully saturated rings. The third kappa shape index (κ3) is 3.64. The summed E-state index contributed by atoms with van der Waals surface area (Å²) in [4.78, 5) is 24.6. The highest BCUT2D eigenvalue weighted by molar-refractivity contribution is 6.33. The van der Waals surface area contributed by atoms with Crippen LogP contribution in [0, 0.1) is 17.2 Å². The molecule has 0 bridgehead atoms. The summed E-state index contributed by atoms with van der Waals surface area (Å²) in [6, 6.07) is 6.15. The molecule has 0 spiro atoms. The van der Waals surface area contributed by atoms with Gasteiger partial charge in [-0.2, -0.15) is 5.26 Å². The summed E-state index contributed by atoms with van der Waals surface area (Å²) in [6.45, 7) is 0.707. The lowest BCUT2D eigenvalue weighted by Gasteiger charge is -2.30. The van der Waals surface area contributed by atoms with E-state index in [2.05, 4.69) is 5.32 Å². The fourth-order valence-electron chi connectivity index (χ4n) is 2.24. The zero-order chi connectivity index (χ0) is 15.4. The molecular weight excluding hydrogens is 294 g/mol. The van der Waals surface area contributed by atoms with Crippen LogP contribution >= 0.6 is 11.6 Å². The molecule has 1 unspecified atom stereocenters. The highest BCUT2D eigenvalue weighted by atomic mass is 35.5. The zero-order valence-corrected chi connectivity index (χ0v) is 11.9. The lowest BCUT2D eigenvalue weighted by atomic mass is 9.99. The van der Waals surface area contributed by atoms with E-state index >= 15 is 0 Å². The van der Waals surface area contributed by atoms with Crippen molar-refractivity contribution < 1.29 is 14.7 Å². The number of hydrogen-bond donors (Lipinski definition) is 2. The zero-order valence-electron chi connectivity index (χ0n) is 11.2. The fraction of sp³-hybridized carbons (Fsp3) is 0.357. The first-order valence-corrected chi connectivity index (χ1v) is 6.87. The van der Waals surface area contributed by atoms with Crippen LogP contribution in [0.15, 0.2) is 18.2 Å². The number of likely N-dealkylation sites (tertiary alicyclic amines) is 1. The number of carboxylic acids is 1. The van der Waals surface area contributed by atoms with Crippen molar-refractivity contribution in [1.29, 1.82) is 5.26 Å². The van der Waals surface area contributed by atoms with E-state index in [1.807, 2.05) is 6.07 Å². The Labute approximate surface area is 126 Å². The number of carbonyl (C=O) groups excluding carboxylic acids is 1. The van der Waals surface area contributed by atoms with Gasteiger partial charge >= 0.3 is 12.0 Å². The number of nitriles is 1. The molecule has 2 N–H and O–H groups in total. The first kappa shape index (κ1) is 15.1. The molecule has 7 heteroatoms. The average Bonchev–Trinajstić information content (AvgIpc) is 2.49. The SMILES string of the molecule is N#Cc1ccc(NC(=O)N2CCCC(C(=O)O)C2)c(Cl)c1. The van der Waals surface area contributed by atoms with E-state index in [1.165, 1.54) is 11.0 Å². The minimum atomic E-state index is -0.885. The van der Waals surface area contributed by atoms with E-state index in [1.54, 1.807) is 12.1 Å². The third-order valence-corrected chi connectivity index (χ3v) is 3.71. The number of halogens is 1. The van der Waals surface area contributed by atoms with Crippen molar-refractivity contribution >= 4 is 29.3 Å². The number of rotatable bonds is 2. The summed E-state index contributed by atoms with van der Waals surface area (Å²) < 4.78 is 0. The lowest BCUT2D eigenvalue weighted by Crippen LogP contribution is -2.44. The predicted octanol–water partition coefficient (Wildman–Crippen LogP) is 2.54. The van der Waals surface area contributed by atoms with E-state index in [9.17, 15) is 9.59 Å². The highest BCUT2D eigenvalue weighted by Gasteiger charge is 2.28. The van der Waals surface area contributed by atoms with Crippen LogP contribution in [0.4, 0.5) is 10.5 Å².